The van der Waals surface area contributed by atoms with Crippen LogP contribution in [-0.4, -0.2) is 29.2 Å². The second-order valence-electron chi connectivity index (χ2n) is 4.89. The lowest BCUT2D eigenvalue weighted by molar-refractivity contribution is 0.0209. The Morgan fingerprint density at radius 1 is 1.29 bits per heavy atom. The highest BCUT2D eigenvalue weighted by Gasteiger charge is 2.20. The van der Waals surface area contributed by atoms with E-state index in [0.717, 1.165) is 24.9 Å². The van der Waals surface area contributed by atoms with E-state index in [1.807, 2.05) is 19.9 Å². The molecule has 0 spiro atoms. The molecule has 1 aliphatic heterocycles. The largest absolute Gasteiger partial charge is 0.377 e. The molecule has 0 saturated carbocycles. The first-order valence-electron chi connectivity index (χ1n) is 6.23. The number of hydrogen-bond donors (Lipinski definition) is 1. The molecule has 4 nitrogen and oxygen atoms in total. The summed E-state index contributed by atoms with van der Waals surface area (Å²) in [4.78, 5) is 8.77. The molecule has 1 saturated heterocycles. The first-order valence-corrected chi connectivity index (χ1v) is 6.23. The second kappa shape index (κ2) is 5.96. The molecular weight excluding hydrogens is 214 g/mol. The van der Waals surface area contributed by atoms with Gasteiger partial charge in [0.25, 0.3) is 0 Å². The first kappa shape index (κ1) is 13.9. The van der Waals surface area contributed by atoms with Crippen molar-refractivity contribution in [2.24, 2.45) is 0 Å². The van der Waals surface area contributed by atoms with Gasteiger partial charge in [-0.15, -0.1) is 0 Å². The van der Waals surface area contributed by atoms with Crippen LogP contribution in [0.4, 0.5) is 5.82 Å². The van der Waals surface area contributed by atoms with Crippen molar-refractivity contribution in [1.29, 1.82) is 0 Å². The minimum atomic E-state index is -0.00615. The summed E-state index contributed by atoms with van der Waals surface area (Å²) in [5.41, 5.74) is -0.00615. The number of ether oxygens (including phenoxy) is 1. The van der Waals surface area contributed by atoms with E-state index >= 15 is 0 Å². The number of anilines is 1. The van der Waals surface area contributed by atoms with Gasteiger partial charge in [0, 0.05) is 11.6 Å². The SMILES string of the molecule is CC.CC(C)(C)c1nccc(NC2COC2)n1. The molecule has 1 N–H and O–H groups in total. The number of rotatable bonds is 2. The van der Waals surface area contributed by atoms with Gasteiger partial charge in [0.1, 0.15) is 11.6 Å². The van der Waals surface area contributed by atoms with Gasteiger partial charge in [-0.1, -0.05) is 34.6 Å². The molecule has 0 unspecified atom stereocenters. The predicted molar refractivity (Wildman–Crippen MR) is 70.3 cm³/mol. The van der Waals surface area contributed by atoms with Gasteiger partial charge in [-0.3, -0.25) is 0 Å². The summed E-state index contributed by atoms with van der Waals surface area (Å²) in [6, 6.07) is 2.31. The molecule has 4 heteroatoms. The monoisotopic (exact) mass is 237 g/mol. The number of hydrogen-bond acceptors (Lipinski definition) is 4. The van der Waals surface area contributed by atoms with Crippen molar-refractivity contribution in [1.82, 2.24) is 9.97 Å². The Morgan fingerprint density at radius 3 is 2.41 bits per heavy atom. The highest BCUT2D eigenvalue weighted by molar-refractivity contribution is 5.35. The third kappa shape index (κ3) is 3.97. The van der Waals surface area contributed by atoms with Crippen LogP contribution in [0, 0.1) is 0 Å². The average Bonchev–Trinajstić information content (AvgIpc) is 2.26. The fourth-order valence-electron chi connectivity index (χ4n) is 1.33. The number of nitrogens with one attached hydrogen (secondary N) is 1. The lowest BCUT2D eigenvalue weighted by Gasteiger charge is -2.27. The fourth-order valence-corrected chi connectivity index (χ4v) is 1.33. The van der Waals surface area contributed by atoms with E-state index < -0.39 is 0 Å². The zero-order valence-corrected chi connectivity index (χ0v) is 11.4. The van der Waals surface area contributed by atoms with Gasteiger partial charge in [0.05, 0.1) is 19.3 Å². The van der Waals surface area contributed by atoms with Crippen LogP contribution in [-0.2, 0) is 10.2 Å². The summed E-state index contributed by atoms with van der Waals surface area (Å²) in [6.07, 6.45) is 1.80. The van der Waals surface area contributed by atoms with E-state index in [1.54, 1.807) is 6.20 Å². The zero-order valence-electron chi connectivity index (χ0n) is 11.4. The van der Waals surface area contributed by atoms with Gasteiger partial charge in [-0.05, 0) is 6.07 Å². The lowest BCUT2D eigenvalue weighted by atomic mass is 9.96. The summed E-state index contributed by atoms with van der Waals surface area (Å²) in [5, 5.41) is 3.31. The molecule has 0 atom stereocenters. The van der Waals surface area contributed by atoms with Crippen LogP contribution < -0.4 is 5.32 Å². The van der Waals surface area contributed by atoms with Gasteiger partial charge < -0.3 is 10.1 Å². The second-order valence-corrected chi connectivity index (χ2v) is 4.89. The van der Waals surface area contributed by atoms with Gasteiger partial charge in [0.2, 0.25) is 0 Å². The molecule has 0 radical (unpaired) electrons. The zero-order chi connectivity index (χ0) is 12.9. The third-order valence-corrected chi connectivity index (χ3v) is 2.32. The van der Waals surface area contributed by atoms with Gasteiger partial charge >= 0.3 is 0 Å². The van der Waals surface area contributed by atoms with Gasteiger partial charge in [-0.2, -0.15) is 0 Å². The van der Waals surface area contributed by atoms with E-state index in [0.29, 0.717) is 6.04 Å². The quantitative estimate of drug-likeness (QED) is 0.859. The Labute approximate surface area is 104 Å². The Morgan fingerprint density at radius 2 is 1.94 bits per heavy atom. The van der Waals surface area contributed by atoms with Gasteiger partial charge in [0.15, 0.2) is 0 Å². The van der Waals surface area contributed by atoms with E-state index in [4.69, 9.17) is 4.74 Å². The summed E-state index contributed by atoms with van der Waals surface area (Å²) in [6.45, 7) is 11.9. The van der Waals surface area contributed by atoms with E-state index in [-0.39, 0.29) is 5.41 Å². The molecule has 1 aromatic heterocycles. The van der Waals surface area contributed by atoms with E-state index in [2.05, 4.69) is 36.1 Å². The molecule has 1 aliphatic rings. The van der Waals surface area contributed by atoms with Crippen LogP contribution >= 0.6 is 0 Å². The molecule has 17 heavy (non-hydrogen) atoms. The Kier molecular flexibility index (Phi) is 4.87. The first-order chi connectivity index (χ1) is 8.05. The van der Waals surface area contributed by atoms with Crippen molar-refractivity contribution in [3.63, 3.8) is 0 Å². The molecule has 0 aromatic carbocycles. The van der Waals surface area contributed by atoms with Crippen LogP contribution in [0.1, 0.15) is 40.4 Å². The highest BCUT2D eigenvalue weighted by atomic mass is 16.5. The van der Waals surface area contributed by atoms with Crippen molar-refractivity contribution in [3.8, 4) is 0 Å². The Hall–Kier alpha value is -1.16. The Bertz CT molecular complexity index is 343. The maximum Gasteiger partial charge on any atom is 0.135 e. The smallest absolute Gasteiger partial charge is 0.135 e. The molecule has 96 valence electrons. The Balaban J connectivity index is 0.000000686. The topological polar surface area (TPSA) is 47.0 Å². The molecule has 0 amide bonds. The fraction of sp³-hybridized carbons (Fsp3) is 0.692. The third-order valence-electron chi connectivity index (χ3n) is 2.32. The van der Waals surface area contributed by atoms with Crippen molar-refractivity contribution < 1.29 is 4.74 Å². The van der Waals surface area contributed by atoms with E-state index in [1.165, 1.54) is 0 Å². The number of nitrogens with zero attached hydrogens (tertiary/aromatic N) is 2. The van der Waals surface area contributed by atoms with Crippen LogP contribution in [0.5, 0.6) is 0 Å². The summed E-state index contributed by atoms with van der Waals surface area (Å²) in [5.74, 6) is 1.76. The van der Waals surface area contributed by atoms with Crippen molar-refractivity contribution in [2.45, 2.75) is 46.1 Å². The maximum absolute atomic E-state index is 5.10. The molecule has 1 aromatic rings. The number of aromatic nitrogens is 2. The van der Waals surface area contributed by atoms with Crippen molar-refractivity contribution in [2.75, 3.05) is 18.5 Å². The van der Waals surface area contributed by atoms with Crippen LogP contribution in [0.25, 0.3) is 0 Å². The van der Waals surface area contributed by atoms with Crippen LogP contribution in [0.3, 0.4) is 0 Å². The minimum absolute atomic E-state index is 0.00615. The van der Waals surface area contributed by atoms with E-state index in [9.17, 15) is 0 Å². The summed E-state index contributed by atoms with van der Waals surface area (Å²) >= 11 is 0. The van der Waals surface area contributed by atoms with Crippen molar-refractivity contribution in [3.05, 3.63) is 18.1 Å². The predicted octanol–water partition coefficient (Wildman–Crippen LogP) is 2.61. The molecule has 1 fully saturated rings. The van der Waals surface area contributed by atoms with Crippen LogP contribution in [0.2, 0.25) is 0 Å². The summed E-state index contributed by atoms with van der Waals surface area (Å²) < 4.78 is 5.10. The highest BCUT2D eigenvalue weighted by Crippen LogP contribution is 2.19. The lowest BCUT2D eigenvalue weighted by Crippen LogP contribution is -2.40. The standard InChI is InChI=1S/C11H17N3O.C2H6/c1-11(2,3)10-12-5-4-9(14-10)13-8-6-15-7-8;1-2/h4-5,8H,6-7H2,1-3H3,(H,12,13,14);1-2H3. The maximum atomic E-state index is 5.10. The summed E-state index contributed by atoms with van der Waals surface area (Å²) in [7, 11) is 0. The molecule has 2 rings (SSSR count). The van der Waals surface area contributed by atoms with Crippen LogP contribution in [0.15, 0.2) is 12.3 Å². The normalized spacial score (nSPS) is 15.6. The molecule has 0 bridgehead atoms. The van der Waals surface area contributed by atoms with Crippen molar-refractivity contribution >= 4 is 5.82 Å². The minimum Gasteiger partial charge on any atom is -0.377 e. The molecular formula is C13H23N3O. The molecule has 0 aliphatic carbocycles. The average molecular weight is 237 g/mol. The molecule has 2 heterocycles. The van der Waals surface area contributed by atoms with Gasteiger partial charge in [-0.25, -0.2) is 9.97 Å².